The van der Waals surface area contributed by atoms with Gasteiger partial charge in [0.1, 0.15) is 0 Å². The van der Waals surface area contributed by atoms with Crippen LogP contribution >= 0.6 is 0 Å². The van der Waals surface area contributed by atoms with Gasteiger partial charge in [-0.05, 0) is 38.3 Å². The second-order valence-corrected chi connectivity index (χ2v) is 4.16. The largest absolute Gasteiger partial charge is 0.342 e. The van der Waals surface area contributed by atoms with E-state index >= 15 is 0 Å². The third-order valence-electron chi connectivity index (χ3n) is 3.05. The normalized spacial score (nSPS) is 29.7. The fourth-order valence-corrected chi connectivity index (χ4v) is 2.29. The number of carbonyl (C=O) groups excluding carboxylic acids is 1. The molecule has 0 aliphatic carbocycles. The van der Waals surface area contributed by atoms with Gasteiger partial charge in [0.15, 0.2) is 0 Å². The van der Waals surface area contributed by atoms with Crippen molar-refractivity contribution in [3.63, 3.8) is 0 Å². The molecule has 0 radical (unpaired) electrons. The summed E-state index contributed by atoms with van der Waals surface area (Å²) in [6.45, 7) is 4.25. The molecule has 2 rings (SSSR count). The van der Waals surface area contributed by atoms with Gasteiger partial charge in [0.25, 0.3) is 0 Å². The van der Waals surface area contributed by atoms with Crippen LogP contribution in [0.2, 0.25) is 0 Å². The smallest absolute Gasteiger partial charge is 0.222 e. The zero-order valence-corrected chi connectivity index (χ0v) is 8.09. The maximum absolute atomic E-state index is 11.4. The highest BCUT2D eigenvalue weighted by Crippen LogP contribution is 2.16. The van der Waals surface area contributed by atoms with Crippen molar-refractivity contribution >= 4 is 5.91 Å². The van der Waals surface area contributed by atoms with Crippen LogP contribution in [0.4, 0.5) is 0 Å². The van der Waals surface area contributed by atoms with E-state index in [0.29, 0.717) is 11.8 Å². The summed E-state index contributed by atoms with van der Waals surface area (Å²) in [5.74, 6) is 1.07. The standard InChI is InChI=1S/C10H18N2O/c13-10-4-2-6-12(10)8-9-3-1-5-11-7-9/h9,11H,1-8H2. The van der Waals surface area contributed by atoms with Gasteiger partial charge in [-0.2, -0.15) is 0 Å². The highest BCUT2D eigenvalue weighted by molar-refractivity contribution is 5.78. The van der Waals surface area contributed by atoms with Crippen LogP contribution in [0.1, 0.15) is 25.7 Å². The Kier molecular flexibility index (Phi) is 2.83. The summed E-state index contributed by atoms with van der Waals surface area (Å²) in [4.78, 5) is 13.4. The molecule has 2 saturated heterocycles. The number of likely N-dealkylation sites (tertiary alicyclic amines) is 1. The minimum absolute atomic E-state index is 0.366. The molecule has 0 aromatic heterocycles. The van der Waals surface area contributed by atoms with Crippen LogP contribution in [-0.4, -0.2) is 37.0 Å². The van der Waals surface area contributed by atoms with Crippen LogP contribution in [-0.2, 0) is 4.79 Å². The quantitative estimate of drug-likeness (QED) is 0.678. The van der Waals surface area contributed by atoms with Crippen LogP contribution in [0.25, 0.3) is 0 Å². The first kappa shape index (κ1) is 9.00. The molecule has 0 bridgehead atoms. The zero-order valence-electron chi connectivity index (χ0n) is 8.09. The Morgan fingerprint density at radius 2 is 2.38 bits per heavy atom. The van der Waals surface area contributed by atoms with Gasteiger partial charge < -0.3 is 10.2 Å². The summed E-state index contributed by atoms with van der Waals surface area (Å²) in [7, 11) is 0. The topological polar surface area (TPSA) is 32.3 Å². The first-order valence-corrected chi connectivity index (χ1v) is 5.35. The van der Waals surface area contributed by atoms with E-state index in [2.05, 4.69) is 5.32 Å². The predicted octanol–water partition coefficient (Wildman–Crippen LogP) is 0.608. The minimum atomic E-state index is 0.366. The van der Waals surface area contributed by atoms with Gasteiger partial charge in [-0.15, -0.1) is 0 Å². The highest BCUT2D eigenvalue weighted by atomic mass is 16.2. The molecule has 1 atom stereocenters. The van der Waals surface area contributed by atoms with Gasteiger partial charge in [-0.1, -0.05) is 0 Å². The number of nitrogens with zero attached hydrogens (tertiary/aromatic N) is 1. The maximum Gasteiger partial charge on any atom is 0.222 e. The maximum atomic E-state index is 11.4. The average molecular weight is 182 g/mol. The Hall–Kier alpha value is -0.570. The number of rotatable bonds is 2. The Morgan fingerprint density at radius 1 is 1.46 bits per heavy atom. The Balaban J connectivity index is 1.79. The molecule has 74 valence electrons. The molecule has 13 heavy (non-hydrogen) atoms. The number of hydrogen-bond acceptors (Lipinski definition) is 2. The van der Waals surface area contributed by atoms with Gasteiger partial charge in [0, 0.05) is 19.5 Å². The molecule has 0 saturated carbocycles. The molecular formula is C10H18N2O. The number of hydrogen-bond donors (Lipinski definition) is 1. The SMILES string of the molecule is O=C1CCCN1CC1CCCNC1. The molecule has 1 unspecified atom stereocenters. The van der Waals surface area contributed by atoms with E-state index in [1.54, 1.807) is 0 Å². The van der Waals surface area contributed by atoms with E-state index in [1.165, 1.54) is 12.8 Å². The average Bonchev–Trinajstić information content (AvgIpc) is 2.54. The van der Waals surface area contributed by atoms with Gasteiger partial charge in [0.2, 0.25) is 5.91 Å². The van der Waals surface area contributed by atoms with Crippen molar-refractivity contribution in [3.8, 4) is 0 Å². The lowest BCUT2D eigenvalue weighted by molar-refractivity contribution is -0.128. The number of piperidine rings is 1. The van der Waals surface area contributed by atoms with Crippen molar-refractivity contribution < 1.29 is 4.79 Å². The summed E-state index contributed by atoms with van der Waals surface area (Å²) in [5, 5.41) is 3.39. The molecule has 0 aromatic carbocycles. The molecule has 1 N–H and O–H groups in total. The van der Waals surface area contributed by atoms with E-state index in [-0.39, 0.29) is 0 Å². The summed E-state index contributed by atoms with van der Waals surface area (Å²) in [5.41, 5.74) is 0. The molecular weight excluding hydrogens is 164 g/mol. The van der Waals surface area contributed by atoms with Crippen molar-refractivity contribution in [2.75, 3.05) is 26.2 Å². The molecule has 3 nitrogen and oxygen atoms in total. The van der Waals surface area contributed by atoms with Gasteiger partial charge in [-0.3, -0.25) is 4.79 Å². The lowest BCUT2D eigenvalue weighted by Crippen LogP contribution is -2.38. The second-order valence-electron chi connectivity index (χ2n) is 4.16. The van der Waals surface area contributed by atoms with Crippen LogP contribution in [0, 0.1) is 5.92 Å². The van der Waals surface area contributed by atoms with Gasteiger partial charge >= 0.3 is 0 Å². The molecule has 0 aromatic rings. The summed E-state index contributed by atoms with van der Waals surface area (Å²) in [6.07, 6.45) is 4.41. The fraction of sp³-hybridized carbons (Fsp3) is 0.900. The summed E-state index contributed by atoms with van der Waals surface area (Å²) in [6, 6.07) is 0. The molecule has 3 heteroatoms. The molecule has 2 heterocycles. The van der Waals surface area contributed by atoms with Crippen LogP contribution < -0.4 is 5.32 Å². The summed E-state index contributed by atoms with van der Waals surface area (Å²) < 4.78 is 0. The molecule has 2 aliphatic heterocycles. The third kappa shape index (κ3) is 2.21. The lowest BCUT2D eigenvalue weighted by atomic mass is 9.99. The van der Waals surface area contributed by atoms with Crippen molar-refractivity contribution in [2.45, 2.75) is 25.7 Å². The number of nitrogens with one attached hydrogen (secondary N) is 1. The van der Waals surface area contributed by atoms with Gasteiger partial charge in [-0.25, -0.2) is 0 Å². The fourth-order valence-electron chi connectivity index (χ4n) is 2.29. The van der Waals surface area contributed by atoms with E-state index in [4.69, 9.17) is 0 Å². The van der Waals surface area contributed by atoms with E-state index in [0.717, 1.165) is 39.0 Å². The Bertz CT molecular complexity index is 187. The van der Waals surface area contributed by atoms with Crippen molar-refractivity contribution in [2.24, 2.45) is 5.92 Å². The van der Waals surface area contributed by atoms with Crippen LogP contribution in [0.15, 0.2) is 0 Å². The van der Waals surface area contributed by atoms with E-state index in [1.807, 2.05) is 4.90 Å². The van der Waals surface area contributed by atoms with Crippen molar-refractivity contribution in [1.82, 2.24) is 10.2 Å². The highest BCUT2D eigenvalue weighted by Gasteiger charge is 2.23. The Morgan fingerprint density at radius 3 is 3.00 bits per heavy atom. The zero-order chi connectivity index (χ0) is 9.10. The first-order chi connectivity index (χ1) is 6.36. The number of carbonyl (C=O) groups is 1. The molecule has 0 spiro atoms. The summed E-state index contributed by atoms with van der Waals surface area (Å²) >= 11 is 0. The predicted molar refractivity (Wildman–Crippen MR) is 51.4 cm³/mol. The monoisotopic (exact) mass is 182 g/mol. The molecule has 2 fully saturated rings. The third-order valence-corrected chi connectivity index (χ3v) is 3.05. The molecule has 2 aliphatic rings. The Labute approximate surface area is 79.5 Å². The van der Waals surface area contributed by atoms with Crippen LogP contribution in [0.3, 0.4) is 0 Å². The van der Waals surface area contributed by atoms with E-state index < -0.39 is 0 Å². The van der Waals surface area contributed by atoms with Gasteiger partial charge in [0.05, 0.1) is 0 Å². The van der Waals surface area contributed by atoms with E-state index in [9.17, 15) is 4.79 Å². The molecule has 1 amide bonds. The first-order valence-electron chi connectivity index (χ1n) is 5.35. The second kappa shape index (κ2) is 4.09. The lowest BCUT2D eigenvalue weighted by Gasteiger charge is -2.27. The van der Waals surface area contributed by atoms with Crippen LogP contribution in [0.5, 0.6) is 0 Å². The van der Waals surface area contributed by atoms with Crippen molar-refractivity contribution in [3.05, 3.63) is 0 Å². The van der Waals surface area contributed by atoms with Crippen molar-refractivity contribution in [1.29, 1.82) is 0 Å². The minimum Gasteiger partial charge on any atom is -0.342 e. The number of amides is 1.